The monoisotopic (exact) mass is 302 g/mol. The fourth-order valence-corrected chi connectivity index (χ4v) is 3.66. The molecule has 0 radical (unpaired) electrons. The molecule has 1 aliphatic carbocycles. The third kappa shape index (κ3) is 3.87. The molecule has 2 N–H and O–H groups in total. The summed E-state index contributed by atoms with van der Waals surface area (Å²) in [6.07, 6.45) is 5.51. The van der Waals surface area contributed by atoms with Crippen LogP contribution in [0, 0.1) is 0 Å². The van der Waals surface area contributed by atoms with E-state index < -0.39 is 0 Å². The van der Waals surface area contributed by atoms with Crippen molar-refractivity contribution >= 4 is 5.91 Å². The summed E-state index contributed by atoms with van der Waals surface area (Å²) in [4.78, 5) is 14.4. The summed E-state index contributed by atoms with van der Waals surface area (Å²) in [5.74, 6) is 0.127. The maximum absolute atomic E-state index is 12.2. The summed E-state index contributed by atoms with van der Waals surface area (Å²) >= 11 is 0. The number of fused-ring (bicyclic) bond motifs is 1. The van der Waals surface area contributed by atoms with Gasteiger partial charge in [-0.3, -0.25) is 4.79 Å². The number of benzene rings is 1. The van der Waals surface area contributed by atoms with Crippen molar-refractivity contribution < 1.29 is 9.90 Å². The first-order chi connectivity index (χ1) is 10.7. The third-order valence-corrected chi connectivity index (χ3v) is 4.84. The number of rotatable bonds is 4. The van der Waals surface area contributed by atoms with Crippen molar-refractivity contribution in [2.24, 2.45) is 0 Å². The van der Waals surface area contributed by atoms with Crippen LogP contribution in [0.5, 0.6) is 0 Å². The molecular weight excluding hydrogens is 276 g/mol. The quantitative estimate of drug-likeness (QED) is 0.895. The number of β-amino-alcohol motifs (C(OH)–C–C–N with tert-alkyl or cyclic N) is 1. The van der Waals surface area contributed by atoms with E-state index in [1.54, 1.807) is 0 Å². The molecule has 4 heteroatoms. The topological polar surface area (TPSA) is 52.6 Å². The number of amides is 1. The second-order valence-electron chi connectivity index (χ2n) is 6.56. The van der Waals surface area contributed by atoms with Crippen LogP contribution in [0.1, 0.15) is 49.3 Å². The Morgan fingerprint density at radius 1 is 1.27 bits per heavy atom. The minimum atomic E-state index is -0.220. The van der Waals surface area contributed by atoms with Crippen LogP contribution >= 0.6 is 0 Å². The second kappa shape index (κ2) is 7.25. The van der Waals surface area contributed by atoms with Crippen molar-refractivity contribution in [3.05, 3.63) is 35.4 Å². The highest BCUT2D eigenvalue weighted by atomic mass is 16.3. The zero-order valence-corrected chi connectivity index (χ0v) is 13.1. The zero-order valence-electron chi connectivity index (χ0n) is 13.1. The highest BCUT2D eigenvalue weighted by Crippen LogP contribution is 2.29. The molecule has 2 atom stereocenters. The maximum Gasteiger partial charge on any atom is 0.221 e. The van der Waals surface area contributed by atoms with E-state index in [0.717, 1.165) is 45.2 Å². The summed E-state index contributed by atoms with van der Waals surface area (Å²) in [6, 6.07) is 8.61. The van der Waals surface area contributed by atoms with E-state index in [9.17, 15) is 9.90 Å². The van der Waals surface area contributed by atoms with Crippen LogP contribution < -0.4 is 5.32 Å². The lowest BCUT2D eigenvalue weighted by Crippen LogP contribution is -2.40. The molecule has 2 aliphatic rings. The maximum atomic E-state index is 12.2. The SMILES string of the molecule is O=C(CCN1CCCC(O)C1)NC1CCCc2ccccc21. The van der Waals surface area contributed by atoms with Gasteiger partial charge in [0.15, 0.2) is 0 Å². The predicted molar refractivity (Wildman–Crippen MR) is 86.6 cm³/mol. The highest BCUT2D eigenvalue weighted by Gasteiger charge is 2.22. The van der Waals surface area contributed by atoms with Gasteiger partial charge in [0, 0.05) is 19.5 Å². The van der Waals surface area contributed by atoms with Gasteiger partial charge in [-0.25, -0.2) is 0 Å². The molecule has 2 unspecified atom stereocenters. The summed E-state index contributed by atoms with van der Waals surface area (Å²) < 4.78 is 0. The van der Waals surface area contributed by atoms with Crippen molar-refractivity contribution in [3.8, 4) is 0 Å². The Hall–Kier alpha value is -1.39. The van der Waals surface area contributed by atoms with E-state index in [1.165, 1.54) is 11.1 Å². The minimum absolute atomic E-state index is 0.127. The van der Waals surface area contributed by atoms with E-state index in [-0.39, 0.29) is 18.1 Å². The van der Waals surface area contributed by atoms with E-state index >= 15 is 0 Å². The number of piperidine rings is 1. The first-order valence-corrected chi connectivity index (χ1v) is 8.50. The van der Waals surface area contributed by atoms with Gasteiger partial charge in [0.2, 0.25) is 5.91 Å². The molecule has 120 valence electrons. The van der Waals surface area contributed by atoms with Crippen LogP contribution in [-0.4, -0.2) is 41.7 Å². The van der Waals surface area contributed by atoms with Crippen LogP contribution in [0.15, 0.2) is 24.3 Å². The summed E-state index contributed by atoms with van der Waals surface area (Å²) in [5.41, 5.74) is 2.66. The number of aliphatic hydroxyl groups excluding tert-OH is 1. The number of aryl methyl sites for hydroxylation is 1. The molecule has 1 aromatic rings. The third-order valence-electron chi connectivity index (χ3n) is 4.84. The Balaban J connectivity index is 1.50. The molecule has 0 saturated carbocycles. The number of carbonyl (C=O) groups is 1. The van der Waals surface area contributed by atoms with E-state index in [2.05, 4.69) is 34.5 Å². The Bertz CT molecular complexity index is 518. The number of hydrogen-bond donors (Lipinski definition) is 2. The molecule has 1 aromatic carbocycles. The highest BCUT2D eigenvalue weighted by molar-refractivity contribution is 5.76. The molecule has 4 nitrogen and oxygen atoms in total. The van der Waals surface area contributed by atoms with Crippen molar-refractivity contribution in [1.82, 2.24) is 10.2 Å². The Labute approximate surface area is 132 Å². The van der Waals surface area contributed by atoms with E-state index in [1.807, 2.05) is 0 Å². The normalized spacial score (nSPS) is 25.5. The number of nitrogens with one attached hydrogen (secondary N) is 1. The molecule has 1 fully saturated rings. The number of nitrogens with zero attached hydrogens (tertiary/aromatic N) is 1. The zero-order chi connectivity index (χ0) is 15.4. The molecule has 1 aliphatic heterocycles. The van der Waals surface area contributed by atoms with Crippen LogP contribution in [0.4, 0.5) is 0 Å². The molecule has 22 heavy (non-hydrogen) atoms. The molecule has 0 spiro atoms. The second-order valence-corrected chi connectivity index (χ2v) is 6.56. The molecule has 1 saturated heterocycles. The first kappa shape index (κ1) is 15.5. The van der Waals surface area contributed by atoms with Gasteiger partial charge in [-0.15, -0.1) is 0 Å². The molecule has 1 heterocycles. The fourth-order valence-electron chi connectivity index (χ4n) is 3.66. The largest absolute Gasteiger partial charge is 0.392 e. The molecular formula is C18H26N2O2. The van der Waals surface area contributed by atoms with Gasteiger partial charge in [-0.2, -0.15) is 0 Å². The van der Waals surface area contributed by atoms with Gasteiger partial charge in [0.05, 0.1) is 12.1 Å². The van der Waals surface area contributed by atoms with Gasteiger partial charge < -0.3 is 15.3 Å². The minimum Gasteiger partial charge on any atom is -0.392 e. The smallest absolute Gasteiger partial charge is 0.221 e. The van der Waals surface area contributed by atoms with Crippen LogP contribution in [0.2, 0.25) is 0 Å². The molecule has 1 amide bonds. The number of hydrogen-bond acceptors (Lipinski definition) is 3. The van der Waals surface area contributed by atoms with Crippen molar-refractivity contribution in [3.63, 3.8) is 0 Å². The van der Waals surface area contributed by atoms with Gasteiger partial charge in [-0.1, -0.05) is 24.3 Å². The van der Waals surface area contributed by atoms with E-state index in [4.69, 9.17) is 0 Å². The van der Waals surface area contributed by atoms with Gasteiger partial charge in [-0.05, 0) is 49.8 Å². The van der Waals surface area contributed by atoms with Gasteiger partial charge in [0.25, 0.3) is 0 Å². The number of likely N-dealkylation sites (tertiary alicyclic amines) is 1. The standard InChI is InChI=1S/C18H26N2O2/c21-15-7-4-11-20(13-15)12-10-18(22)19-17-9-3-6-14-5-1-2-8-16(14)17/h1-2,5,8,15,17,21H,3-4,6-7,9-13H2,(H,19,22). The van der Waals surface area contributed by atoms with Gasteiger partial charge in [0.1, 0.15) is 0 Å². The molecule has 0 bridgehead atoms. The molecule has 3 rings (SSSR count). The summed E-state index contributed by atoms with van der Waals surface area (Å²) in [5, 5.41) is 12.9. The Kier molecular flexibility index (Phi) is 5.11. The predicted octanol–water partition coefficient (Wildman–Crippen LogP) is 2.03. The average molecular weight is 302 g/mol. The van der Waals surface area contributed by atoms with Crippen molar-refractivity contribution in [2.75, 3.05) is 19.6 Å². The Morgan fingerprint density at radius 2 is 2.14 bits per heavy atom. The lowest BCUT2D eigenvalue weighted by molar-refractivity contribution is -0.122. The average Bonchev–Trinajstić information content (AvgIpc) is 2.53. The van der Waals surface area contributed by atoms with Crippen LogP contribution in [0.3, 0.4) is 0 Å². The fraction of sp³-hybridized carbons (Fsp3) is 0.611. The van der Waals surface area contributed by atoms with E-state index in [0.29, 0.717) is 13.0 Å². The molecule has 0 aromatic heterocycles. The Morgan fingerprint density at radius 3 is 3.00 bits per heavy atom. The van der Waals surface area contributed by atoms with Crippen molar-refractivity contribution in [1.29, 1.82) is 0 Å². The van der Waals surface area contributed by atoms with Crippen LogP contribution in [0.25, 0.3) is 0 Å². The van der Waals surface area contributed by atoms with Crippen LogP contribution in [-0.2, 0) is 11.2 Å². The number of carbonyl (C=O) groups excluding carboxylic acids is 1. The van der Waals surface area contributed by atoms with Crippen molar-refractivity contribution in [2.45, 2.75) is 50.7 Å². The van der Waals surface area contributed by atoms with Gasteiger partial charge >= 0.3 is 0 Å². The first-order valence-electron chi connectivity index (χ1n) is 8.50. The summed E-state index contributed by atoms with van der Waals surface area (Å²) in [7, 11) is 0. The lowest BCUT2D eigenvalue weighted by Gasteiger charge is -2.30. The lowest BCUT2D eigenvalue weighted by atomic mass is 9.87. The summed E-state index contributed by atoms with van der Waals surface area (Å²) in [6.45, 7) is 2.45. The number of aliphatic hydroxyl groups is 1.